The second-order valence-electron chi connectivity index (χ2n) is 7.19. The van der Waals surface area contributed by atoms with E-state index >= 15 is 0 Å². The van der Waals surface area contributed by atoms with Crippen molar-refractivity contribution < 1.29 is 13.2 Å². The Labute approximate surface area is 138 Å². The number of hydrogen-bond acceptors (Lipinski definition) is 3. The number of hydrogen-bond donors (Lipinski definition) is 0. The molecule has 5 heteroatoms. The Bertz CT molecular complexity index is 682. The molecule has 1 saturated heterocycles. The Balaban J connectivity index is 1.46. The molecule has 1 heterocycles. The minimum atomic E-state index is -3.37. The van der Waals surface area contributed by atoms with Gasteiger partial charge in [-0.3, -0.25) is 0 Å². The quantitative estimate of drug-likeness (QED) is 0.831. The van der Waals surface area contributed by atoms with E-state index in [1.807, 2.05) is 12.1 Å². The Morgan fingerprint density at radius 2 is 1.87 bits per heavy atom. The predicted octanol–water partition coefficient (Wildman–Crippen LogP) is 2.76. The van der Waals surface area contributed by atoms with Gasteiger partial charge in [-0.2, -0.15) is 4.31 Å². The summed E-state index contributed by atoms with van der Waals surface area (Å²) in [6, 6.07) is 5.71. The monoisotopic (exact) mass is 335 g/mol. The van der Waals surface area contributed by atoms with Gasteiger partial charge in [-0.15, -0.1) is 0 Å². The zero-order valence-corrected chi connectivity index (χ0v) is 14.4. The number of rotatable bonds is 5. The molecule has 23 heavy (non-hydrogen) atoms. The standard InChI is InChI=1S/C18H25NO3S/c20-23(21,18-8-7-15-3-1-2-4-16(15)11-18)19-10-9-17(12-19)22-13-14-5-6-14/h7-8,11,14,17H,1-6,9-10,12-13H2. The molecule has 0 radical (unpaired) electrons. The van der Waals surface area contributed by atoms with Crippen molar-refractivity contribution in [3.63, 3.8) is 0 Å². The lowest BCUT2D eigenvalue weighted by molar-refractivity contribution is 0.0561. The van der Waals surface area contributed by atoms with Crippen LogP contribution in [0.25, 0.3) is 0 Å². The molecule has 1 aromatic rings. The van der Waals surface area contributed by atoms with Gasteiger partial charge < -0.3 is 4.74 Å². The van der Waals surface area contributed by atoms with Crippen molar-refractivity contribution in [3.05, 3.63) is 29.3 Å². The first-order valence-electron chi connectivity index (χ1n) is 8.86. The van der Waals surface area contributed by atoms with Crippen molar-refractivity contribution >= 4 is 10.0 Å². The molecule has 0 spiro atoms. The highest BCUT2D eigenvalue weighted by atomic mass is 32.2. The molecular formula is C18H25NO3S. The van der Waals surface area contributed by atoms with Crippen LogP contribution in [0.5, 0.6) is 0 Å². The fourth-order valence-electron chi connectivity index (χ4n) is 3.63. The van der Waals surface area contributed by atoms with E-state index in [2.05, 4.69) is 0 Å². The molecule has 1 unspecified atom stereocenters. The fourth-order valence-corrected chi connectivity index (χ4v) is 5.17. The van der Waals surface area contributed by atoms with Crippen LogP contribution in [0.3, 0.4) is 0 Å². The number of sulfonamides is 1. The topological polar surface area (TPSA) is 46.6 Å². The molecule has 126 valence electrons. The molecule has 1 saturated carbocycles. The smallest absolute Gasteiger partial charge is 0.243 e. The predicted molar refractivity (Wildman–Crippen MR) is 88.9 cm³/mol. The molecule has 0 N–H and O–H groups in total. The van der Waals surface area contributed by atoms with Crippen LogP contribution in [0.4, 0.5) is 0 Å². The van der Waals surface area contributed by atoms with E-state index in [4.69, 9.17) is 4.74 Å². The summed E-state index contributed by atoms with van der Waals surface area (Å²) in [7, 11) is -3.37. The van der Waals surface area contributed by atoms with Gasteiger partial charge in [0, 0.05) is 19.7 Å². The van der Waals surface area contributed by atoms with E-state index in [0.717, 1.165) is 38.2 Å². The number of nitrogens with zero attached hydrogens (tertiary/aromatic N) is 1. The first-order valence-corrected chi connectivity index (χ1v) is 10.3. The third-order valence-electron chi connectivity index (χ3n) is 5.33. The maximum atomic E-state index is 12.9. The van der Waals surface area contributed by atoms with Crippen molar-refractivity contribution in [3.8, 4) is 0 Å². The van der Waals surface area contributed by atoms with Gasteiger partial charge in [0.05, 0.1) is 11.0 Å². The average molecular weight is 335 g/mol. The Morgan fingerprint density at radius 3 is 2.65 bits per heavy atom. The Kier molecular flexibility index (Phi) is 4.20. The van der Waals surface area contributed by atoms with Crippen molar-refractivity contribution in [2.75, 3.05) is 19.7 Å². The van der Waals surface area contributed by atoms with E-state index in [0.29, 0.717) is 18.0 Å². The highest BCUT2D eigenvalue weighted by Gasteiger charge is 2.34. The highest BCUT2D eigenvalue weighted by Crippen LogP contribution is 2.31. The van der Waals surface area contributed by atoms with Gasteiger partial charge in [-0.05, 0) is 74.1 Å². The molecule has 1 atom stereocenters. The highest BCUT2D eigenvalue weighted by molar-refractivity contribution is 7.89. The second-order valence-corrected chi connectivity index (χ2v) is 9.13. The lowest BCUT2D eigenvalue weighted by atomic mass is 9.92. The molecule has 1 aromatic carbocycles. The molecule has 0 bridgehead atoms. The molecule has 0 aromatic heterocycles. The van der Waals surface area contributed by atoms with Crippen LogP contribution in [0.2, 0.25) is 0 Å². The maximum absolute atomic E-state index is 12.9. The normalized spacial score (nSPS) is 25.5. The van der Waals surface area contributed by atoms with Crippen LogP contribution >= 0.6 is 0 Å². The summed E-state index contributed by atoms with van der Waals surface area (Å²) in [5, 5.41) is 0. The van der Waals surface area contributed by atoms with E-state index < -0.39 is 10.0 Å². The molecule has 4 nitrogen and oxygen atoms in total. The largest absolute Gasteiger partial charge is 0.377 e. The van der Waals surface area contributed by atoms with Gasteiger partial charge in [-0.25, -0.2) is 8.42 Å². The van der Waals surface area contributed by atoms with Crippen molar-refractivity contribution in [2.45, 2.75) is 55.9 Å². The summed E-state index contributed by atoms with van der Waals surface area (Å²) in [6.07, 6.45) is 7.89. The minimum absolute atomic E-state index is 0.0722. The molecule has 4 rings (SSSR count). The van der Waals surface area contributed by atoms with Gasteiger partial charge in [-0.1, -0.05) is 6.07 Å². The zero-order valence-electron chi connectivity index (χ0n) is 13.5. The third-order valence-corrected chi connectivity index (χ3v) is 7.19. The summed E-state index contributed by atoms with van der Waals surface area (Å²) >= 11 is 0. The number of aryl methyl sites for hydroxylation is 2. The summed E-state index contributed by atoms with van der Waals surface area (Å²) < 4.78 is 33.3. The SMILES string of the molecule is O=S(=O)(c1ccc2c(c1)CCCC2)N1CCC(OCC2CC2)C1. The third kappa shape index (κ3) is 3.32. The summed E-state index contributed by atoms with van der Waals surface area (Å²) in [5.74, 6) is 0.723. The van der Waals surface area contributed by atoms with Gasteiger partial charge in [0.15, 0.2) is 0 Å². The first kappa shape index (κ1) is 15.6. The Morgan fingerprint density at radius 1 is 1.09 bits per heavy atom. The van der Waals surface area contributed by atoms with Crippen LogP contribution in [0, 0.1) is 5.92 Å². The van der Waals surface area contributed by atoms with Crippen molar-refractivity contribution in [1.82, 2.24) is 4.31 Å². The van der Waals surface area contributed by atoms with Gasteiger partial charge in [0.1, 0.15) is 0 Å². The summed E-state index contributed by atoms with van der Waals surface area (Å²) in [4.78, 5) is 0.459. The maximum Gasteiger partial charge on any atom is 0.243 e. The van der Waals surface area contributed by atoms with Crippen molar-refractivity contribution in [1.29, 1.82) is 0 Å². The minimum Gasteiger partial charge on any atom is -0.377 e. The Hall–Kier alpha value is -0.910. The number of fused-ring (bicyclic) bond motifs is 1. The molecule has 0 amide bonds. The lowest BCUT2D eigenvalue weighted by Gasteiger charge is -2.20. The lowest BCUT2D eigenvalue weighted by Crippen LogP contribution is -2.30. The fraction of sp³-hybridized carbons (Fsp3) is 0.667. The van der Waals surface area contributed by atoms with Gasteiger partial charge in [0.25, 0.3) is 0 Å². The number of ether oxygens (including phenoxy) is 1. The van der Waals surface area contributed by atoms with E-state index in [1.165, 1.54) is 30.4 Å². The van der Waals surface area contributed by atoms with Gasteiger partial charge in [0.2, 0.25) is 10.0 Å². The van der Waals surface area contributed by atoms with Crippen LogP contribution in [0.15, 0.2) is 23.1 Å². The van der Waals surface area contributed by atoms with E-state index in [-0.39, 0.29) is 6.10 Å². The average Bonchev–Trinajstić information content (AvgIpc) is 3.27. The molecule has 1 aliphatic heterocycles. The van der Waals surface area contributed by atoms with Crippen LogP contribution in [-0.2, 0) is 27.6 Å². The summed E-state index contributed by atoms with van der Waals surface area (Å²) in [5.41, 5.74) is 2.54. The first-order chi connectivity index (χ1) is 11.1. The summed E-state index contributed by atoms with van der Waals surface area (Å²) in [6.45, 7) is 1.89. The van der Waals surface area contributed by atoms with Crippen LogP contribution < -0.4 is 0 Å². The molecule has 2 fully saturated rings. The number of benzene rings is 1. The van der Waals surface area contributed by atoms with Crippen LogP contribution in [-0.4, -0.2) is 38.5 Å². The van der Waals surface area contributed by atoms with Crippen molar-refractivity contribution in [2.24, 2.45) is 5.92 Å². The molecule has 2 aliphatic carbocycles. The van der Waals surface area contributed by atoms with Gasteiger partial charge >= 0.3 is 0 Å². The van der Waals surface area contributed by atoms with E-state index in [9.17, 15) is 8.42 Å². The molecule has 3 aliphatic rings. The molecular weight excluding hydrogens is 310 g/mol. The zero-order chi connectivity index (χ0) is 15.9. The van der Waals surface area contributed by atoms with E-state index in [1.54, 1.807) is 10.4 Å². The van der Waals surface area contributed by atoms with Crippen LogP contribution in [0.1, 0.15) is 43.2 Å². The second kappa shape index (κ2) is 6.19.